The fraction of sp³-hybridized carbons (Fsp3) is 0.921. The van der Waals surface area contributed by atoms with Gasteiger partial charge in [0.1, 0.15) is 0 Å². The Kier molecular flexibility index (Phi) is 70.4. The highest BCUT2D eigenvalue weighted by atomic mass is 16.5. The van der Waals surface area contributed by atoms with Crippen LogP contribution in [0.3, 0.4) is 0 Å². The monoisotopic (exact) mass is 1150 g/mol. The van der Waals surface area contributed by atoms with Crippen LogP contribution in [0.25, 0.3) is 0 Å². The highest BCUT2D eigenvalue weighted by Gasteiger charge is 2.18. The summed E-state index contributed by atoms with van der Waals surface area (Å²) in [4.78, 5) is 24.6. The molecule has 0 aliphatic heterocycles. The Morgan fingerprint density at radius 1 is 0.329 bits per heavy atom. The van der Waals surface area contributed by atoms with E-state index in [1.807, 2.05) is 6.08 Å². The third-order valence-corrected chi connectivity index (χ3v) is 17.7. The molecule has 0 aliphatic carbocycles. The molecule has 0 radical (unpaired) electrons. The first kappa shape index (κ1) is 80.3. The van der Waals surface area contributed by atoms with Gasteiger partial charge in [-0.3, -0.25) is 9.59 Å². The average molecular weight is 1160 g/mol. The molecular formula is C76H147NO5. The van der Waals surface area contributed by atoms with E-state index in [1.54, 1.807) is 6.08 Å². The maximum Gasteiger partial charge on any atom is 0.305 e. The number of allylic oxidation sites excluding steroid dienone is 3. The molecule has 1 amide bonds. The second kappa shape index (κ2) is 71.8. The molecule has 0 aromatic heterocycles. The summed E-state index contributed by atoms with van der Waals surface area (Å²) in [5.41, 5.74) is 0. The van der Waals surface area contributed by atoms with Crippen LogP contribution in [-0.2, 0) is 14.3 Å². The van der Waals surface area contributed by atoms with Gasteiger partial charge in [-0.2, -0.15) is 0 Å². The molecule has 82 heavy (non-hydrogen) atoms. The van der Waals surface area contributed by atoms with E-state index >= 15 is 0 Å². The summed E-state index contributed by atoms with van der Waals surface area (Å²) >= 11 is 0. The van der Waals surface area contributed by atoms with E-state index in [0.29, 0.717) is 19.4 Å². The number of esters is 1. The molecule has 0 saturated carbocycles. The normalized spacial score (nSPS) is 12.6. The zero-order valence-corrected chi connectivity index (χ0v) is 55.8. The Balaban J connectivity index is 3.35. The van der Waals surface area contributed by atoms with Crippen molar-refractivity contribution in [2.75, 3.05) is 13.2 Å². The largest absolute Gasteiger partial charge is 0.466 e. The highest BCUT2D eigenvalue weighted by molar-refractivity contribution is 5.76. The zero-order valence-electron chi connectivity index (χ0n) is 55.8. The maximum absolute atomic E-state index is 12.5. The standard InChI is InChI=1S/C76H147NO5/c1-3-5-7-9-11-13-15-17-18-19-20-33-36-39-42-45-48-52-56-60-64-68-74(79)73(72-78)77-75(80)69-65-61-57-53-49-46-43-40-37-34-31-29-27-25-23-21-22-24-26-28-30-32-35-38-41-44-47-51-55-59-63-67-71-82-76(81)70-66-62-58-54-50-16-14-12-10-8-6-4-2/h12,14,64,68,73-74,78-79H,3-11,13,15-63,65-67,69-72H2,1-2H3,(H,77,80)/b14-12-,68-64+. The molecule has 0 bridgehead atoms. The van der Waals surface area contributed by atoms with Crippen molar-refractivity contribution < 1.29 is 24.5 Å². The number of carbonyl (C=O) groups is 2. The van der Waals surface area contributed by atoms with Crippen LogP contribution >= 0.6 is 0 Å². The molecular weight excluding hydrogens is 1010 g/mol. The third-order valence-electron chi connectivity index (χ3n) is 17.7. The van der Waals surface area contributed by atoms with Gasteiger partial charge in [0.25, 0.3) is 0 Å². The van der Waals surface area contributed by atoms with Crippen LogP contribution in [-0.4, -0.2) is 47.4 Å². The van der Waals surface area contributed by atoms with Crippen molar-refractivity contribution >= 4 is 11.9 Å². The lowest BCUT2D eigenvalue weighted by molar-refractivity contribution is -0.143. The molecule has 2 atom stereocenters. The second-order valence-corrected chi connectivity index (χ2v) is 26.0. The molecule has 0 aromatic rings. The van der Waals surface area contributed by atoms with Crippen LogP contribution in [0.4, 0.5) is 0 Å². The topological polar surface area (TPSA) is 95.9 Å². The average Bonchev–Trinajstić information content (AvgIpc) is 3.48. The van der Waals surface area contributed by atoms with Gasteiger partial charge in [0.2, 0.25) is 5.91 Å². The summed E-state index contributed by atoms with van der Waals surface area (Å²) in [6.45, 7) is 4.92. The van der Waals surface area contributed by atoms with E-state index in [4.69, 9.17) is 4.74 Å². The van der Waals surface area contributed by atoms with Crippen molar-refractivity contribution in [1.29, 1.82) is 0 Å². The van der Waals surface area contributed by atoms with Crippen molar-refractivity contribution in [3.63, 3.8) is 0 Å². The van der Waals surface area contributed by atoms with E-state index in [-0.39, 0.29) is 18.5 Å². The van der Waals surface area contributed by atoms with E-state index < -0.39 is 12.1 Å². The van der Waals surface area contributed by atoms with Crippen LogP contribution < -0.4 is 5.32 Å². The number of ether oxygens (including phenoxy) is 1. The lowest BCUT2D eigenvalue weighted by atomic mass is 10.0. The van der Waals surface area contributed by atoms with Gasteiger partial charge in [0.05, 0.1) is 25.4 Å². The lowest BCUT2D eigenvalue weighted by Gasteiger charge is -2.20. The summed E-state index contributed by atoms with van der Waals surface area (Å²) in [7, 11) is 0. The smallest absolute Gasteiger partial charge is 0.305 e. The van der Waals surface area contributed by atoms with Crippen molar-refractivity contribution in [3.05, 3.63) is 24.3 Å². The second-order valence-electron chi connectivity index (χ2n) is 26.0. The van der Waals surface area contributed by atoms with Crippen LogP contribution in [0.2, 0.25) is 0 Å². The van der Waals surface area contributed by atoms with Gasteiger partial charge in [-0.05, 0) is 57.8 Å². The van der Waals surface area contributed by atoms with Crippen LogP contribution in [0, 0.1) is 0 Å². The zero-order chi connectivity index (χ0) is 59.2. The number of carbonyl (C=O) groups excluding carboxylic acids is 2. The van der Waals surface area contributed by atoms with E-state index in [9.17, 15) is 19.8 Å². The van der Waals surface area contributed by atoms with E-state index in [0.717, 1.165) is 44.9 Å². The molecule has 3 N–H and O–H groups in total. The van der Waals surface area contributed by atoms with Crippen molar-refractivity contribution in [2.24, 2.45) is 0 Å². The van der Waals surface area contributed by atoms with Crippen LogP contribution in [0.5, 0.6) is 0 Å². The summed E-state index contributed by atoms with van der Waals surface area (Å²) in [5.74, 6) is -0.0474. The van der Waals surface area contributed by atoms with Crippen molar-refractivity contribution in [1.82, 2.24) is 5.32 Å². The lowest BCUT2D eigenvalue weighted by Crippen LogP contribution is -2.45. The number of hydrogen-bond donors (Lipinski definition) is 3. The third kappa shape index (κ3) is 67.5. The fourth-order valence-corrected chi connectivity index (χ4v) is 12.0. The predicted molar refractivity (Wildman–Crippen MR) is 361 cm³/mol. The number of hydrogen-bond acceptors (Lipinski definition) is 5. The van der Waals surface area contributed by atoms with Crippen LogP contribution in [0.15, 0.2) is 24.3 Å². The molecule has 2 unspecified atom stereocenters. The first-order chi connectivity index (χ1) is 40.5. The molecule has 0 heterocycles. The van der Waals surface area contributed by atoms with Gasteiger partial charge in [0.15, 0.2) is 0 Å². The number of rotatable bonds is 71. The number of amides is 1. The summed E-state index contributed by atoms with van der Waals surface area (Å²) in [6.07, 6.45) is 91.4. The van der Waals surface area contributed by atoms with Gasteiger partial charge in [0, 0.05) is 12.8 Å². The Bertz CT molecular complexity index is 1280. The molecule has 0 saturated heterocycles. The first-order valence-corrected chi connectivity index (χ1v) is 37.6. The molecule has 0 rings (SSSR count). The van der Waals surface area contributed by atoms with Gasteiger partial charge in [-0.15, -0.1) is 0 Å². The molecule has 6 heteroatoms. The Labute approximate surface area is 513 Å². The van der Waals surface area contributed by atoms with Crippen LogP contribution in [0.1, 0.15) is 425 Å². The van der Waals surface area contributed by atoms with Gasteiger partial charge < -0.3 is 20.3 Å². The van der Waals surface area contributed by atoms with Crippen molar-refractivity contribution in [2.45, 2.75) is 437 Å². The van der Waals surface area contributed by atoms with Gasteiger partial charge >= 0.3 is 5.97 Å². The van der Waals surface area contributed by atoms with E-state index in [2.05, 4.69) is 31.3 Å². The molecule has 0 fully saturated rings. The number of aliphatic hydroxyl groups is 2. The van der Waals surface area contributed by atoms with Gasteiger partial charge in [-0.25, -0.2) is 0 Å². The quantitative estimate of drug-likeness (QED) is 0.0320. The number of unbranched alkanes of at least 4 members (excludes halogenated alkanes) is 58. The Morgan fingerprint density at radius 2 is 0.573 bits per heavy atom. The fourth-order valence-electron chi connectivity index (χ4n) is 12.0. The molecule has 0 aromatic carbocycles. The highest BCUT2D eigenvalue weighted by Crippen LogP contribution is 2.20. The Morgan fingerprint density at radius 3 is 0.890 bits per heavy atom. The minimum absolute atomic E-state index is 0.0115. The SMILES string of the molecule is CCCCC/C=C\CCCCCCCC(=O)OCCCCCCCCCCCCCCCCCCCCCCCCCCCCCCCCCCC(=O)NC(CO)C(O)/C=C/CCCCCCCCCCCCCCCCCCCCC. The summed E-state index contributed by atoms with van der Waals surface area (Å²) < 4.78 is 5.48. The van der Waals surface area contributed by atoms with Crippen molar-refractivity contribution in [3.8, 4) is 0 Å². The summed E-state index contributed by atoms with van der Waals surface area (Å²) in [5, 5.41) is 23.3. The minimum Gasteiger partial charge on any atom is -0.466 e. The Hall–Kier alpha value is -1.66. The molecule has 0 spiro atoms. The molecule has 486 valence electrons. The van der Waals surface area contributed by atoms with E-state index in [1.165, 1.54) is 353 Å². The van der Waals surface area contributed by atoms with Gasteiger partial charge in [-0.1, -0.05) is 378 Å². The predicted octanol–water partition coefficient (Wildman–Crippen LogP) is 24.5. The number of nitrogens with one attached hydrogen (secondary N) is 1. The summed E-state index contributed by atoms with van der Waals surface area (Å²) in [6, 6.07) is -0.625. The maximum atomic E-state index is 12.5. The number of aliphatic hydroxyl groups excluding tert-OH is 2. The molecule has 0 aliphatic rings. The molecule has 6 nitrogen and oxygen atoms in total. The minimum atomic E-state index is -0.842. The first-order valence-electron chi connectivity index (χ1n) is 37.6.